The van der Waals surface area contributed by atoms with E-state index in [1.165, 1.54) is 24.0 Å². The van der Waals surface area contributed by atoms with Crippen molar-refractivity contribution in [2.45, 2.75) is 26.7 Å². The van der Waals surface area contributed by atoms with E-state index in [0.29, 0.717) is 0 Å². The largest absolute Gasteiger partial charge is 0.255 e. The van der Waals surface area contributed by atoms with E-state index in [9.17, 15) is 0 Å². The quantitative estimate of drug-likeness (QED) is 0.526. The Morgan fingerprint density at radius 3 is 2.00 bits per heavy atom. The fourth-order valence-corrected chi connectivity index (χ4v) is 1.04. The molecule has 12 heavy (non-hydrogen) atoms. The minimum absolute atomic E-state index is 1.21. The number of aryl methyl sites for hydroxylation is 2. The molecule has 0 heterocycles. The van der Waals surface area contributed by atoms with E-state index in [4.69, 9.17) is 10.5 Å². The van der Waals surface area contributed by atoms with Gasteiger partial charge in [0.2, 0.25) is 0 Å². The molecule has 68 valence electrons. The summed E-state index contributed by atoms with van der Waals surface area (Å²) < 4.78 is 0. The predicted octanol–water partition coefficient (Wildman–Crippen LogP) is 2.96. The third-order valence-electron chi connectivity index (χ3n) is 1.66. The van der Waals surface area contributed by atoms with Gasteiger partial charge in [0.1, 0.15) is 0 Å². The second-order valence-corrected chi connectivity index (χ2v) is 2.74. The second kappa shape index (κ2) is 6.83. The lowest BCUT2D eigenvalue weighted by molar-refractivity contribution is -0.176. The van der Waals surface area contributed by atoms with E-state index in [1.807, 2.05) is 0 Å². The van der Waals surface area contributed by atoms with Crippen LogP contribution in [0, 0.1) is 6.92 Å². The maximum atomic E-state index is 6.00. The number of rotatable bonds is 2. The van der Waals surface area contributed by atoms with Crippen molar-refractivity contribution in [3.05, 3.63) is 35.4 Å². The van der Waals surface area contributed by atoms with Crippen LogP contribution in [0.3, 0.4) is 0 Å². The molecule has 2 nitrogen and oxygen atoms in total. The Morgan fingerprint density at radius 2 is 1.58 bits per heavy atom. The molecule has 0 saturated heterocycles. The molecule has 0 unspecified atom stereocenters. The zero-order chi connectivity index (χ0) is 9.40. The van der Waals surface area contributed by atoms with E-state index in [2.05, 4.69) is 38.1 Å². The smallest absolute Gasteiger partial charge is 0.0281 e. The number of benzene rings is 1. The van der Waals surface area contributed by atoms with Crippen LogP contribution in [0.25, 0.3) is 0 Å². The lowest BCUT2D eigenvalue weighted by Crippen LogP contribution is -1.81. The van der Waals surface area contributed by atoms with Crippen molar-refractivity contribution in [1.29, 1.82) is 0 Å². The van der Waals surface area contributed by atoms with Gasteiger partial charge in [-0.3, -0.25) is 10.5 Å². The molecule has 0 aliphatic carbocycles. The fraction of sp³-hybridized carbons (Fsp3) is 0.400. The third kappa shape index (κ3) is 4.11. The summed E-state index contributed by atoms with van der Waals surface area (Å²) in [4.78, 5) is 0. The van der Waals surface area contributed by atoms with Gasteiger partial charge in [-0.2, -0.15) is 0 Å². The third-order valence-corrected chi connectivity index (χ3v) is 1.66. The molecule has 0 spiro atoms. The van der Waals surface area contributed by atoms with Crippen LogP contribution >= 0.6 is 0 Å². The topological polar surface area (TPSA) is 40.5 Å². The maximum Gasteiger partial charge on any atom is -0.0281 e. The minimum atomic E-state index is 1.21. The van der Waals surface area contributed by atoms with Gasteiger partial charge < -0.3 is 0 Å². The average molecular weight is 168 g/mol. The summed E-state index contributed by atoms with van der Waals surface area (Å²) in [6.45, 7) is 4.33. The highest BCUT2D eigenvalue weighted by atomic mass is 17.0. The zero-order valence-corrected chi connectivity index (χ0v) is 7.62. The van der Waals surface area contributed by atoms with Crippen LogP contribution in [-0.4, -0.2) is 10.5 Å². The highest BCUT2D eigenvalue weighted by Crippen LogP contribution is 2.04. The van der Waals surface area contributed by atoms with Gasteiger partial charge in [0.25, 0.3) is 0 Å². The van der Waals surface area contributed by atoms with Gasteiger partial charge in [0.15, 0.2) is 0 Å². The average Bonchev–Trinajstić information content (AvgIpc) is 2.13. The molecule has 2 N–H and O–H groups in total. The molecule has 0 atom stereocenters. The van der Waals surface area contributed by atoms with Gasteiger partial charge in [-0.05, 0) is 18.9 Å². The molecular weight excluding hydrogens is 152 g/mol. The number of hydrogen-bond acceptors (Lipinski definition) is 2. The Morgan fingerprint density at radius 1 is 1.08 bits per heavy atom. The molecule has 0 aliphatic rings. The van der Waals surface area contributed by atoms with Gasteiger partial charge in [0, 0.05) is 0 Å². The van der Waals surface area contributed by atoms with E-state index in [0.717, 1.165) is 0 Å². The molecule has 1 aromatic carbocycles. The molecular formula is C10H16O2. The first-order valence-corrected chi connectivity index (χ1v) is 4.08. The Hall–Kier alpha value is -0.860. The van der Waals surface area contributed by atoms with Crippen molar-refractivity contribution in [1.82, 2.24) is 0 Å². The van der Waals surface area contributed by atoms with Crippen LogP contribution in [0.15, 0.2) is 24.3 Å². The summed E-state index contributed by atoms with van der Waals surface area (Å²) in [6, 6.07) is 8.76. The zero-order valence-electron chi connectivity index (χ0n) is 7.62. The van der Waals surface area contributed by atoms with Crippen LogP contribution in [0.4, 0.5) is 0 Å². The molecule has 0 fully saturated rings. The Kier molecular flexibility index (Phi) is 6.34. The van der Waals surface area contributed by atoms with Crippen molar-refractivity contribution in [3.8, 4) is 0 Å². The molecule has 0 aromatic heterocycles. The lowest BCUT2D eigenvalue weighted by atomic mass is 10.1. The highest BCUT2D eigenvalue weighted by Gasteiger charge is 1.87. The number of hydrogen-bond donors (Lipinski definition) is 2. The molecule has 2 heteroatoms. The highest BCUT2D eigenvalue weighted by molar-refractivity contribution is 5.21. The molecule has 1 rings (SSSR count). The van der Waals surface area contributed by atoms with Gasteiger partial charge >= 0.3 is 0 Å². The molecule has 0 radical (unpaired) electrons. The summed E-state index contributed by atoms with van der Waals surface area (Å²) in [5, 5.41) is 12.0. The van der Waals surface area contributed by atoms with Crippen LogP contribution in [-0.2, 0) is 6.42 Å². The van der Waals surface area contributed by atoms with E-state index in [-0.39, 0.29) is 0 Å². The van der Waals surface area contributed by atoms with Crippen LogP contribution < -0.4 is 0 Å². The molecule has 0 amide bonds. The van der Waals surface area contributed by atoms with Crippen LogP contribution in [0.1, 0.15) is 24.5 Å². The van der Waals surface area contributed by atoms with E-state index >= 15 is 0 Å². The first-order valence-electron chi connectivity index (χ1n) is 4.08. The predicted molar refractivity (Wildman–Crippen MR) is 50.4 cm³/mol. The van der Waals surface area contributed by atoms with Crippen molar-refractivity contribution in [3.63, 3.8) is 0 Å². The van der Waals surface area contributed by atoms with Gasteiger partial charge in [0.05, 0.1) is 0 Å². The van der Waals surface area contributed by atoms with Crippen LogP contribution in [0.2, 0.25) is 0 Å². The normalized spacial score (nSPS) is 8.67. The minimum Gasteiger partial charge on any atom is -0.255 e. The molecule has 0 saturated carbocycles. The maximum absolute atomic E-state index is 6.00. The molecule has 1 aromatic rings. The molecule has 0 aliphatic heterocycles. The Bertz CT molecular complexity index is 191. The fourth-order valence-electron chi connectivity index (χ4n) is 1.04. The van der Waals surface area contributed by atoms with Crippen molar-refractivity contribution >= 4 is 0 Å². The SMILES string of the molecule is CCCc1ccc(C)cc1.OO. The Labute approximate surface area is 73.4 Å². The summed E-state index contributed by atoms with van der Waals surface area (Å²) >= 11 is 0. The standard InChI is InChI=1S/C10H14.H2O2/c1-3-4-10-7-5-9(2)6-8-10;1-2/h5-8H,3-4H2,1-2H3;1-2H. The first kappa shape index (κ1) is 11.1. The monoisotopic (exact) mass is 168 g/mol. The summed E-state index contributed by atoms with van der Waals surface area (Å²) in [5.74, 6) is 0. The van der Waals surface area contributed by atoms with Crippen LogP contribution in [0.5, 0.6) is 0 Å². The van der Waals surface area contributed by atoms with Crippen molar-refractivity contribution < 1.29 is 10.5 Å². The summed E-state index contributed by atoms with van der Waals surface area (Å²) in [7, 11) is 0. The van der Waals surface area contributed by atoms with E-state index in [1.54, 1.807) is 0 Å². The Balaban J connectivity index is 0.000000561. The van der Waals surface area contributed by atoms with Gasteiger partial charge in [-0.15, -0.1) is 0 Å². The van der Waals surface area contributed by atoms with Gasteiger partial charge in [-0.1, -0.05) is 43.2 Å². The van der Waals surface area contributed by atoms with Crippen molar-refractivity contribution in [2.24, 2.45) is 0 Å². The van der Waals surface area contributed by atoms with Gasteiger partial charge in [-0.25, -0.2) is 0 Å². The lowest BCUT2D eigenvalue weighted by Gasteiger charge is -1.97. The molecule has 0 bridgehead atoms. The van der Waals surface area contributed by atoms with Crippen molar-refractivity contribution in [2.75, 3.05) is 0 Å². The van der Waals surface area contributed by atoms with E-state index < -0.39 is 0 Å². The summed E-state index contributed by atoms with van der Waals surface area (Å²) in [6.07, 6.45) is 2.45. The summed E-state index contributed by atoms with van der Waals surface area (Å²) in [5.41, 5.74) is 2.80. The first-order chi connectivity index (χ1) is 5.83. The second-order valence-electron chi connectivity index (χ2n) is 2.74.